The molecule has 6 atom stereocenters. The number of ether oxygens (including phenoxy) is 2. The number of fused-ring (bicyclic) bond motifs is 1. The number of hydrogen-bond acceptors (Lipinski definition) is 6. The smallest absolute Gasteiger partial charge is 0.312 e. The molecule has 0 aliphatic carbocycles. The Kier molecular flexibility index (Phi) is 9.14. The number of anilines is 1. The highest BCUT2D eigenvalue weighted by atomic mass is 16.6. The predicted molar refractivity (Wildman–Crippen MR) is 169 cm³/mol. The molecule has 3 fully saturated rings. The minimum absolute atomic E-state index is 0.213. The number of unbranched alkanes of at least 4 members (excludes halogenated alkanes) is 1. The van der Waals surface area contributed by atoms with Crippen LogP contribution in [0.2, 0.25) is 0 Å². The summed E-state index contributed by atoms with van der Waals surface area (Å²) in [7, 11) is 0. The number of hydrogen-bond donors (Lipinski definition) is 1. The third kappa shape index (κ3) is 5.28. The number of amides is 2. The molecule has 8 nitrogen and oxygen atoms in total. The lowest BCUT2D eigenvalue weighted by molar-refractivity contribution is -0.160. The molecule has 5 rings (SSSR count). The molecular formula is C36H44N2O6. The number of aryl methyl sites for hydroxylation is 2. The van der Waals surface area contributed by atoms with Gasteiger partial charge in [0, 0.05) is 12.2 Å². The van der Waals surface area contributed by atoms with Gasteiger partial charge in [-0.1, -0.05) is 60.7 Å². The van der Waals surface area contributed by atoms with Gasteiger partial charge in [0.1, 0.15) is 17.6 Å². The minimum atomic E-state index is -1.24. The number of allylic oxidation sites excluding steroid dienone is 1. The summed E-state index contributed by atoms with van der Waals surface area (Å²) in [6.45, 7) is 13.5. The molecule has 3 aliphatic heterocycles. The first-order chi connectivity index (χ1) is 21.1. The summed E-state index contributed by atoms with van der Waals surface area (Å²) in [5.41, 5.74) is 1.32. The molecule has 2 aromatic carbocycles. The van der Waals surface area contributed by atoms with Gasteiger partial charge in [0.25, 0.3) is 5.91 Å². The van der Waals surface area contributed by atoms with E-state index in [1.807, 2.05) is 69.3 Å². The Balaban J connectivity index is 1.61. The number of carbonyl (C=O) groups is 3. The van der Waals surface area contributed by atoms with Crippen LogP contribution in [0, 0.1) is 25.7 Å². The van der Waals surface area contributed by atoms with Gasteiger partial charge in [-0.05, 0) is 69.6 Å². The number of rotatable bonds is 13. The van der Waals surface area contributed by atoms with E-state index in [0.717, 1.165) is 22.4 Å². The maximum Gasteiger partial charge on any atom is 0.312 e. The van der Waals surface area contributed by atoms with Gasteiger partial charge in [-0.25, -0.2) is 0 Å². The van der Waals surface area contributed by atoms with E-state index in [4.69, 9.17) is 9.47 Å². The lowest BCUT2D eigenvalue weighted by Gasteiger charge is -2.40. The molecule has 0 radical (unpaired) electrons. The van der Waals surface area contributed by atoms with Gasteiger partial charge in [-0.3, -0.25) is 14.4 Å². The Morgan fingerprint density at radius 1 is 1.11 bits per heavy atom. The van der Waals surface area contributed by atoms with Crippen molar-refractivity contribution in [3.63, 3.8) is 0 Å². The maximum atomic E-state index is 15.0. The van der Waals surface area contributed by atoms with Gasteiger partial charge in [0.2, 0.25) is 5.91 Å². The van der Waals surface area contributed by atoms with Gasteiger partial charge < -0.3 is 24.4 Å². The highest BCUT2D eigenvalue weighted by Gasteiger charge is 2.79. The number of nitrogens with zero attached hydrogens (tertiary/aromatic N) is 2. The molecule has 0 aromatic heterocycles. The van der Waals surface area contributed by atoms with Crippen LogP contribution in [-0.4, -0.2) is 70.8 Å². The number of aliphatic hydroxyl groups is 1. The molecule has 8 heteroatoms. The molecule has 2 unspecified atom stereocenters. The number of likely N-dealkylation sites (tertiary alicyclic amines) is 1. The van der Waals surface area contributed by atoms with Gasteiger partial charge >= 0.3 is 5.97 Å². The Morgan fingerprint density at radius 2 is 1.82 bits per heavy atom. The summed E-state index contributed by atoms with van der Waals surface area (Å²) in [6.07, 6.45) is 6.06. The van der Waals surface area contributed by atoms with Crippen molar-refractivity contribution in [2.24, 2.45) is 11.8 Å². The van der Waals surface area contributed by atoms with Crippen molar-refractivity contribution >= 4 is 23.5 Å². The van der Waals surface area contributed by atoms with Crippen molar-refractivity contribution in [2.45, 2.75) is 76.2 Å². The third-order valence-electron chi connectivity index (χ3n) is 9.70. The van der Waals surface area contributed by atoms with Crippen molar-refractivity contribution in [3.8, 4) is 0 Å². The van der Waals surface area contributed by atoms with Crippen molar-refractivity contribution in [3.05, 3.63) is 90.5 Å². The zero-order valence-electron chi connectivity index (χ0n) is 26.0. The zero-order chi connectivity index (χ0) is 31.6. The van der Waals surface area contributed by atoms with Gasteiger partial charge in [-0.15, -0.1) is 13.2 Å². The van der Waals surface area contributed by atoms with Crippen LogP contribution in [0.1, 0.15) is 49.3 Å². The molecule has 3 heterocycles. The van der Waals surface area contributed by atoms with E-state index in [1.54, 1.807) is 17.1 Å². The third-order valence-corrected chi connectivity index (χ3v) is 9.70. The Morgan fingerprint density at radius 3 is 2.45 bits per heavy atom. The number of esters is 1. The predicted octanol–water partition coefficient (Wildman–Crippen LogP) is 4.70. The molecular weight excluding hydrogens is 556 g/mol. The molecule has 3 aliphatic rings. The second kappa shape index (κ2) is 12.7. The average molecular weight is 601 g/mol. The quantitative estimate of drug-likeness (QED) is 0.204. The topological polar surface area (TPSA) is 96.4 Å². The van der Waals surface area contributed by atoms with Crippen LogP contribution in [0.25, 0.3) is 0 Å². The molecule has 3 saturated heterocycles. The standard InChI is InChI=1S/C36H44N2O6/c1-6-8-12-21-43-34(42)29-28-32(40)38(27(23-39)22-26-16-10-9-11-17-26)31(36(28)19-18-35(29,5)44-36)33(41)37(20-7-2)30-24(3)14-13-15-25(30)4/h6-7,9-11,13-17,27-29,31,39H,1-2,8,12,18-23H2,3-5H3/t27-,28+,29-,31?,35+,36?/m1/s1. The Bertz CT molecular complexity index is 1400. The maximum absolute atomic E-state index is 15.0. The van der Waals surface area contributed by atoms with Crippen LogP contribution in [0.15, 0.2) is 73.8 Å². The van der Waals surface area contributed by atoms with Crippen LogP contribution in [0.5, 0.6) is 0 Å². The summed E-state index contributed by atoms with van der Waals surface area (Å²) >= 11 is 0. The second-order valence-electron chi connectivity index (χ2n) is 12.6. The molecule has 2 amide bonds. The van der Waals surface area contributed by atoms with Gasteiger partial charge in [0.05, 0.1) is 30.8 Å². The van der Waals surface area contributed by atoms with E-state index in [2.05, 4.69) is 13.2 Å². The molecule has 2 bridgehead atoms. The van der Waals surface area contributed by atoms with Gasteiger partial charge in [0.15, 0.2) is 0 Å². The molecule has 234 valence electrons. The van der Waals surface area contributed by atoms with Crippen molar-refractivity contribution in [1.29, 1.82) is 0 Å². The SMILES string of the molecule is C=CCCCOC(=O)[C@H]1[C@H]2C(=O)N([C@@H](CO)Cc3ccccc3)C(C(=O)N(CC=C)c3c(C)cccc3C)C23CC[C@]1(C)O3. The first kappa shape index (κ1) is 31.7. The average Bonchev–Trinajstić information content (AvgIpc) is 3.58. The first-order valence-corrected chi connectivity index (χ1v) is 15.6. The van der Waals surface area contributed by atoms with Crippen molar-refractivity contribution < 1.29 is 29.0 Å². The molecule has 1 N–H and O–H groups in total. The monoisotopic (exact) mass is 600 g/mol. The fraction of sp³-hybridized carbons (Fsp3) is 0.472. The van der Waals surface area contributed by atoms with Crippen LogP contribution >= 0.6 is 0 Å². The number of carbonyl (C=O) groups excluding carboxylic acids is 3. The summed E-state index contributed by atoms with van der Waals surface area (Å²) in [4.78, 5) is 46.6. The van der Waals surface area contributed by atoms with E-state index >= 15 is 4.79 Å². The fourth-order valence-electron chi connectivity index (χ4n) is 7.82. The number of aliphatic hydroxyl groups excluding tert-OH is 1. The van der Waals surface area contributed by atoms with Crippen LogP contribution < -0.4 is 4.90 Å². The van der Waals surface area contributed by atoms with Crippen LogP contribution in [-0.2, 0) is 30.3 Å². The van der Waals surface area contributed by atoms with E-state index < -0.39 is 41.1 Å². The number of benzene rings is 2. The normalized spacial score (nSPS) is 27.6. The van der Waals surface area contributed by atoms with Crippen LogP contribution in [0.3, 0.4) is 0 Å². The van der Waals surface area contributed by atoms with E-state index in [9.17, 15) is 14.7 Å². The lowest BCUT2D eigenvalue weighted by atomic mass is 9.66. The second-order valence-corrected chi connectivity index (χ2v) is 12.6. The van der Waals surface area contributed by atoms with Crippen molar-refractivity contribution in [2.75, 3.05) is 24.7 Å². The molecule has 0 saturated carbocycles. The summed E-state index contributed by atoms with van der Waals surface area (Å²) in [5.74, 6) is -2.91. The summed E-state index contributed by atoms with van der Waals surface area (Å²) < 4.78 is 12.5. The summed E-state index contributed by atoms with van der Waals surface area (Å²) in [6, 6.07) is 13.7. The van der Waals surface area contributed by atoms with E-state index in [1.165, 1.54) is 4.90 Å². The zero-order valence-corrected chi connectivity index (χ0v) is 26.0. The van der Waals surface area contributed by atoms with E-state index in [0.29, 0.717) is 32.1 Å². The van der Waals surface area contributed by atoms with Crippen molar-refractivity contribution in [1.82, 2.24) is 4.90 Å². The Labute approximate surface area is 260 Å². The summed E-state index contributed by atoms with van der Waals surface area (Å²) in [5, 5.41) is 10.8. The van der Waals surface area contributed by atoms with Gasteiger partial charge in [-0.2, -0.15) is 0 Å². The van der Waals surface area contributed by atoms with E-state index in [-0.39, 0.29) is 31.6 Å². The lowest BCUT2D eigenvalue weighted by Crippen LogP contribution is -2.59. The molecule has 1 spiro atoms. The highest BCUT2D eigenvalue weighted by Crippen LogP contribution is 2.64. The van der Waals surface area contributed by atoms with Crippen LogP contribution in [0.4, 0.5) is 5.69 Å². The Hall–Kier alpha value is -3.75. The first-order valence-electron chi connectivity index (χ1n) is 15.6. The minimum Gasteiger partial charge on any atom is -0.465 e. The highest BCUT2D eigenvalue weighted by molar-refractivity contribution is 6.05. The largest absolute Gasteiger partial charge is 0.465 e. The number of para-hydroxylation sites is 1. The molecule has 2 aromatic rings. The fourth-order valence-corrected chi connectivity index (χ4v) is 7.82. The molecule has 44 heavy (non-hydrogen) atoms.